The van der Waals surface area contributed by atoms with E-state index in [9.17, 15) is 34.5 Å². The molecule has 0 amide bonds. The van der Waals surface area contributed by atoms with Gasteiger partial charge in [-0.3, -0.25) is 14.4 Å². The predicted octanol–water partition coefficient (Wildman–Crippen LogP) is 19.7. The third-order valence-corrected chi connectivity index (χ3v) is 16.4. The Morgan fingerprint density at radius 2 is 0.706 bits per heavy atom. The Hall–Kier alpha value is -3.32. The van der Waals surface area contributed by atoms with E-state index in [1.54, 1.807) is 0 Å². The van der Waals surface area contributed by atoms with E-state index < -0.39 is 67.3 Å². The number of carboxylic acids is 1. The van der Waals surface area contributed by atoms with E-state index in [1.807, 2.05) is 0 Å². The first-order chi connectivity index (χ1) is 41.6. The van der Waals surface area contributed by atoms with Gasteiger partial charge in [0.1, 0.15) is 18.8 Å². The molecule has 0 aliphatic carbocycles. The molecule has 1 saturated heterocycles. The lowest BCUT2D eigenvalue weighted by molar-refractivity contribution is -0.301. The molecule has 12 nitrogen and oxygen atoms in total. The minimum Gasteiger partial charge on any atom is -0.479 e. The number of hydrogen-bond acceptors (Lipinski definition) is 11. The summed E-state index contributed by atoms with van der Waals surface area (Å²) in [5.41, 5.74) is 0. The van der Waals surface area contributed by atoms with Gasteiger partial charge in [0, 0.05) is 19.3 Å². The summed E-state index contributed by atoms with van der Waals surface area (Å²) in [7, 11) is 0. The third kappa shape index (κ3) is 50.3. The Balaban J connectivity index is 2.62. The summed E-state index contributed by atoms with van der Waals surface area (Å²) in [5, 5.41) is 31.7. The number of hydrogen-bond donors (Lipinski definition) is 3. The van der Waals surface area contributed by atoms with Crippen molar-refractivity contribution < 1.29 is 58.2 Å². The van der Waals surface area contributed by atoms with Gasteiger partial charge in [-0.15, -0.1) is 0 Å². The van der Waals surface area contributed by atoms with Gasteiger partial charge in [0.15, 0.2) is 24.6 Å². The summed E-state index contributed by atoms with van der Waals surface area (Å²) in [6.07, 6.45) is 63.4. The Morgan fingerprint density at radius 1 is 0.388 bits per heavy atom. The van der Waals surface area contributed by atoms with E-state index >= 15 is 0 Å². The third-order valence-electron chi connectivity index (χ3n) is 16.4. The molecule has 6 atom stereocenters. The molecular weight excluding hydrogens is 1070 g/mol. The number of aliphatic hydroxyl groups excluding tert-OH is 2. The Morgan fingerprint density at radius 3 is 1.08 bits per heavy atom. The fourth-order valence-corrected chi connectivity index (χ4v) is 10.9. The van der Waals surface area contributed by atoms with Gasteiger partial charge in [-0.1, -0.05) is 288 Å². The molecule has 0 aromatic heterocycles. The van der Waals surface area contributed by atoms with E-state index in [0.29, 0.717) is 19.3 Å². The Bertz CT molecular complexity index is 1660. The topological polar surface area (TPSA) is 175 Å². The van der Waals surface area contributed by atoms with Crippen LogP contribution in [0.2, 0.25) is 0 Å². The Labute approximate surface area is 520 Å². The first kappa shape index (κ1) is 79.7. The number of aliphatic hydroxyl groups is 2. The van der Waals surface area contributed by atoms with Crippen LogP contribution in [0.1, 0.15) is 342 Å². The van der Waals surface area contributed by atoms with Crippen LogP contribution in [0.25, 0.3) is 0 Å². The SMILES string of the molecule is CCCCC/C=C\C/C=C\CCCCCCCCCCCC(=O)OCC(COC1OC(C(=O)O)C(O)C(O)C1OC(=O)CCCCCCCCC/C=C\C/C=C\CCCCC)OC(=O)CCCCCCCCCCCCCCCCCCCCC. The molecule has 1 heterocycles. The molecular formula is C73H130O12. The first-order valence-corrected chi connectivity index (χ1v) is 35.6. The summed E-state index contributed by atoms with van der Waals surface area (Å²) >= 11 is 0. The molecule has 0 aromatic carbocycles. The molecule has 0 radical (unpaired) electrons. The largest absolute Gasteiger partial charge is 0.479 e. The van der Waals surface area contributed by atoms with Crippen molar-refractivity contribution in [2.24, 2.45) is 0 Å². The van der Waals surface area contributed by atoms with Crippen LogP contribution in [0, 0.1) is 0 Å². The molecule has 85 heavy (non-hydrogen) atoms. The number of rotatable bonds is 62. The maximum absolute atomic E-state index is 13.3. The molecule has 12 heteroatoms. The van der Waals surface area contributed by atoms with Crippen LogP contribution >= 0.6 is 0 Å². The van der Waals surface area contributed by atoms with E-state index in [1.165, 1.54) is 173 Å². The quantitative estimate of drug-likeness (QED) is 0.0228. The van der Waals surface area contributed by atoms with Crippen molar-refractivity contribution >= 4 is 23.9 Å². The van der Waals surface area contributed by atoms with Crippen LogP contribution in [0.5, 0.6) is 0 Å². The standard InChI is InChI=1S/C73H130O12/c1-4-7-10-13-16-19-22-25-28-31-33-36-38-41-44-47-50-53-56-59-65(74)81-62-64(83-66(75)60-57-54-51-48-45-42-40-37-34-32-29-26-23-20-17-14-11-8-5-2)63-82-73-71(69(78)68(77)70(85-73)72(79)80)84-67(76)61-58-55-52-49-46-43-39-35-30-27-24-21-18-15-12-9-6-3/h16,18-19,21,25,27-28,30,64,68-71,73,77-78H,4-15,17,20,22-24,26,29,31-63H2,1-3H3,(H,79,80)/b19-16-,21-18-,28-25-,30-27-. The highest BCUT2D eigenvalue weighted by atomic mass is 16.7. The molecule has 1 aliphatic rings. The average Bonchev–Trinajstić information content (AvgIpc) is 3.46. The van der Waals surface area contributed by atoms with Crippen molar-refractivity contribution in [1.82, 2.24) is 0 Å². The second-order valence-corrected chi connectivity index (χ2v) is 24.5. The molecule has 1 aliphatic heterocycles. The normalized spacial score (nSPS) is 17.7. The number of esters is 3. The van der Waals surface area contributed by atoms with E-state index in [4.69, 9.17) is 23.7 Å². The summed E-state index contributed by atoms with van der Waals surface area (Å²) in [4.78, 5) is 51.5. The lowest BCUT2D eigenvalue weighted by atomic mass is 9.98. The van der Waals surface area contributed by atoms with Gasteiger partial charge in [0.2, 0.25) is 0 Å². The fraction of sp³-hybridized carbons (Fsp3) is 0.836. The summed E-state index contributed by atoms with van der Waals surface area (Å²) < 4.78 is 28.6. The van der Waals surface area contributed by atoms with Gasteiger partial charge < -0.3 is 39.0 Å². The number of ether oxygens (including phenoxy) is 5. The maximum atomic E-state index is 13.3. The first-order valence-electron chi connectivity index (χ1n) is 35.6. The molecule has 1 fully saturated rings. The summed E-state index contributed by atoms with van der Waals surface area (Å²) in [6, 6.07) is 0. The van der Waals surface area contributed by atoms with Gasteiger partial charge in [-0.25, -0.2) is 4.79 Å². The monoisotopic (exact) mass is 1200 g/mol. The van der Waals surface area contributed by atoms with Crippen LogP contribution < -0.4 is 0 Å². The zero-order valence-corrected chi connectivity index (χ0v) is 54.9. The molecule has 3 N–H and O–H groups in total. The minimum absolute atomic E-state index is 0.0537. The van der Waals surface area contributed by atoms with Crippen LogP contribution in [-0.4, -0.2) is 89.2 Å². The van der Waals surface area contributed by atoms with E-state index in [0.717, 1.165) is 109 Å². The number of allylic oxidation sites excluding steroid dienone is 8. The summed E-state index contributed by atoms with van der Waals surface area (Å²) in [6.45, 7) is 6.01. The van der Waals surface area contributed by atoms with Crippen molar-refractivity contribution in [3.05, 3.63) is 48.6 Å². The zero-order chi connectivity index (χ0) is 61.7. The molecule has 6 unspecified atom stereocenters. The molecule has 494 valence electrons. The van der Waals surface area contributed by atoms with Crippen LogP contribution in [-0.2, 0) is 42.9 Å². The Kier molecular flexibility index (Phi) is 57.1. The number of aliphatic carboxylic acids is 1. The molecule has 0 aromatic rings. The van der Waals surface area contributed by atoms with Crippen LogP contribution in [0.3, 0.4) is 0 Å². The van der Waals surface area contributed by atoms with Gasteiger partial charge in [-0.05, 0) is 83.5 Å². The van der Waals surface area contributed by atoms with Gasteiger partial charge >= 0.3 is 23.9 Å². The minimum atomic E-state index is -1.91. The van der Waals surface area contributed by atoms with Gasteiger partial charge in [0.25, 0.3) is 0 Å². The maximum Gasteiger partial charge on any atom is 0.335 e. The summed E-state index contributed by atoms with van der Waals surface area (Å²) in [5.74, 6) is -3.10. The number of carbonyl (C=O) groups is 4. The fourth-order valence-electron chi connectivity index (χ4n) is 10.9. The number of carboxylic acid groups (broad SMARTS) is 1. The molecule has 0 bridgehead atoms. The second-order valence-electron chi connectivity index (χ2n) is 24.5. The smallest absolute Gasteiger partial charge is 0.335 e. The van der Waals surface area contributed by atoms with E-state index in [-0.39, 0.29) is 25.9 Å². The highest BCUT2D eigenvalue weighted by Crippen LogP contribution is 2.27. The molecule has 0 saturated carbocycles. The highest BCUT2D eigenvalue weighted by Gasteiger charge is 2.50. The second kappa shape index (κ2) is 60.9. The van der Waals surface area contributed by atoms with Crippen LogP contribution in [0.4, 0.5) is 0 Å². The van der Waals surface area contributed by atoms with Crippen molar-refractivity contribution in [3.8, 4) is 0 Å². The molecule has 1 rings (SSSR count). The van der Waals surface area contributed by atoms with Crippen molar-refractivity contribution in [3.63, 3.8) is 0 Å². The number of unbranched alkanes of at least 4 members (excludes halogenated alkanes) is 40. The highest BCUT2D eigenvalue weighted by molar-refractivity contribution is 5.74. The van der Waals surface area contributed by atoms with Crippen LogP contribution in [0.15, 0.2) is 48.6 Å². The lowest BCUT2D eigenvalue weighted by Crippen LogP contribution is -2.61. The number of carbonyl (C=O) groups excluding carboxylic acids is 3. The van der Waals surface area contributed by atoms with Crippen molar-refractivity contribution in [2.75, 3.05) is 13.2 Å². The molecule has 0 spiro atoms. The van der Waals surface area contributed by atoms with Gasteiger partial charge in [-0.2, -0.15) is 0 Å². The van der Waals surface area contributed by atoms with Crippen molar-refractivity contribution in [1.29, 1.82) is 0 Å². The lowest BCUT2D eigenvalue weighted by Gasteiger charge is -2.40. The van der Waals surface area contributed by atoms with E-state index in [2.05, 4.69) is 69.4 Å². The van der Waals surface area contributed by atoms with Gasteiger partial charge in [0.05, 0.1) is 6.61 Å². The van der Waals surface area contributed by atoms with Crippen molar-refractivity contribution in [2.45, 2.75) is 379 Å². The predicted molar refractivity (Wildman–Crippen MR) is 349 cm³/mol. The average molecular weight is 1200 g/mol. The zero-order valence-electron chi connectivity index (χ0n) is 54.9.